The predicted molar refractivity (Wildman–Crippen MR) is 83.8 cm³/mol. The zero-order chi connectivity index (χ0) is 14.8. The number of nitrogens with two attached hydrogens (primary N) is 1. The Morgan fingerprint density at radius 2 is 2.05 bits per heavy atom. The molecule has 0 radical (unpaired) electrons. The molecule has 0 spiro atoms. The summed E-state index contributed by atoms with van der Waals surface area (Å²) in [6.45, 7) is 0. The van der Waals surface area contributed by atoms with Crippen molar-refractivity contribution >= 4 is 21.6 Å². The molecule has 2 aromatic carbocycles. The average Bonchev–Trinajstić information content (AvgIpc) is 2.97. The number of nitrogens with zero attached hydrogens (tertiary/aromatic N) is 2. The topological polar surface area (TPSA) is 74.2 Å². The lowest BCUT2D eigenvalue weighted by molar-refractivity contribution is 0.413. The Balaban J connectivity index is 2.02. The van der Waals surface area contributed by atoms with Crippen LogP contribution in [0.15, 0.2) is 51.5 Å². The summed E-state index contributed by atoms with van der Waals surface area (Å²) < 4.78 is 11.4. The van der Waals surface area contributed by atoms with E-state index in [-0.39, 0.29) is 0 Å². The normalized spacial score (nSPS) is 10.6. The first-order valence-electron chi connectivity index (χ1n) is 6.21. The largest absolute Gasteiger partial charge is 0.497 e. The van der Waals surface area contributed by atoms with Crippen molar-refractivity contribution in [3.63, 3.8) is 0 Å². The van der Waals surface area contributed by atoms with Crippen LogP contribution < -0.4 is 10.5 Å². The molecule has 0 aliphatic rings. The van der Waals surface area contributed by atoms with Crippen molar-refractivity contribution in [2.45, 2.75) is 0 Å². The first-order valence-corrected chi connectivity index (χ1v) is 7.00. The highest BCUT2D eigenvalue weighted by atomic mass is 79.9. The van der Waals surface area contributed by atoms with E-state index in [4.69, 9.17) is 15.0 Å². The van der Waals surface area contributed by atoms with Gasteiger partial charge in [-0.2, -0.15) is 4.98 Å². The molecule has 0 unspecified atom stereocenters. The van der Waals surface area contributed by atoms with Crippen molar-refractivity contribution < 1.29 is 9.26 Å². The monoisotopic (exact) mass is 345 g/mol. The second-order valence-electron chi connectivity index (χ2n) is 4.39. The Hall–Kier alpha value is -2.34. The number of methoxy groups -OCH3 is 1. The van der Waals surface area contributed by atoms with E-state index in [1.54, 1.807) is 13.2 Å². The van der Waals surface area contributed by atoms with Gasteiger partial charge in [-0.1, -0.05) is 17.3 Å². The third-order valence-electron chi connectivity index (χ3n) is 2.97. The molecule has 5 nitrogen and oxygen atoms in total. The molecule has 1 heterocycles. The smallest absolute Gasteiger partial charge is 0.259 e. The second kappa shape index (κ2) is 5.57. The minimum absolute atomic E-state index is 0.415. The molecule has 0 aliphatic carbocycles. The van der Waals surface area contributed by atoms with Crippen molar-refractivity contribution in [3.05, 3.63) is 46.9 Å². The van der Waals surface area contributed by atoms with Gasteiger partial charge in [-0.15, -0.1) is 0 Å². The first-order chi connectivity index (χ1) is 10.2. The quantitative estimate of drug-likeness (QED) is 0.731. The predicted octanol–water partition coefficient (Wildman–Crippen LogP) is 3.76. The number of anilines is 1. The molecule has 21 heavy (non-hydrogen) atoms. The zero-order valence-electron chi connectivity index (χ0n) is 11.2. The van der Waals surface area contributed by atoms with Crippen LogP contribution in [0.1, 0.15) is 0 Å². The maximum atomic E-state index is 5.77. The van der Waals surface area contributed by atoms with Gasteiger partial charge in [0.2, 0.25) is 5.82 Å². The van der Waals surface area contributed by atoms with Gasteiger partial charge in [0, 0.05) is 15.7 Å². The van der Waals surface area contributed by atoms with Crippen LogP contribution in [0.2, 0.25) is 0 Å². The van der Waals surface area contributed by atoms with Gasteiger partial charge in [0.1, 0.15) is 5.75 Å². The lowest BCUT2D eigenvalue weighted by Crippen LogP contribution is -1.87. The second-order valence-corrected chi connectivity index (χ2v) is 5.25. The Bertz CT molecular complexity index is 786. The fourth-order valence-corrected chi connectivity index (χ4v) is 2.34. The molecule has 0 bridgehead atoms. The zero-order valence-corrected chi connectivity index (χ0v) is 12.8. The van der Waals surface area contributed by atoms with Crippen molar-refractivity contribution in [1.29, 1.82) is 0 Å². The summed E-state index contributed by atoms with van der Waals surface area (Å²) in [6.07, 6.45) is 0. The molecule has 2 N–H and O–H groups in total. The van der Waals surface area contributed by atoms with Crippen molar-refractivity contribution in [3.8, 4) is 28.6 Å². The molecule has 3 rings (SSSR count). The Morgan fingerprint density at radius 3 is 2.81 bits per heavy atom. The summed E-state index contributed by atoms with van der Waals surface area (Å²) in [4.78, 5) is 4.41. The Kier molecular flexibility index (Phi) is 3.62. The van der Waals surface area contributed by atoms with E-state index >= 15 is 0 Å². The van der Waals surface area contributed by atoms with Crippen LogP contribution in [0.25, 0.3) is 22.8 Å². The molecule has 0 aliphatic heterocycles. The number of rotatable bonds is 3. The summed E-state index contributed by atoms with van der Waals surface area (Å²) in [6, 6.07) is 12.9. The third kappa shape index (κ3) is 2.75. The highest BCUT2D eigenvalue weighted by Gasteiger charge is 2.14. The minimum Gasteiger partial charge on any atom is -0.497 e. The van der Waals surface area contributed by atoms with Crippen molar-refractivity contribution in [2.75, 3.05) is 12.8 Å². The lowest BCUT2D eigenvalue weighted by atomic mass is 10.2. The van der Waals surface area contributed by atoms with Gasteiger partial charge in [0.25, 0.3) is 5.89 Å². The maximum absolute atomic E-state index is 5.77. The third-order valence-corrected chi connectivity index (χ3v) is 3.67. The van der Waals surface area contributed by atoms with E-state index in [9.17, 15) is 0 Å². The van der Waals surface area contributed by atoms with Crippen LogP contribution in [0.4, 0.5) is 5.69 Å². The van der Waals surface area contributed by atoms with E-state index < -0.39 is 0 Å². The molecule has 6 heteroatoms. The number of hydrogen-bond donors (Lipinski definition) is 1. The van der Waals surface area contributed by atoms with E-state index in [0.717, 1.165) is 21.3 Å². The summed E-state index contributed by atoms with van der Waals surface area (Å²) in [5, 5.41) is 4.00. The molecular formula is C15H12BrN3O2. The van der Waals surface area contributed by atoms with Crippen molar-refractivity contribution in [1.82, 2.24) is 10.1 Å². The van der Waals surface area contributed by atoms with Gasteiger partial charge >= 0.3 is 0 Å². The Labute approximate surface area is 129 Å². The lowest BCUT2D eigenvalue weighted by Gasteiger charge is -2.03. The molecule has 0 saturated heterocycles. The van der Waals surface area contributed by atoms with Gasteiger partial charge < -0.3 is 15.0 Å². The molecule has 106 valence electrons. The molecule has 0 fully saturated rings. The summed E-state index contributed by atoms with van der Waals surface area (Å²) in [5.74, 6) is 1.63. The number of aromatic nitrogens is 2. The minimum atomic E-state index is 0.415. The van der Waals surface area contributed by atoms with E-state index in [1.165, 1.54) is 0 Å². The van der Waals surface area contributed by atoms with Gasteiger partial charge in [0.05, 0.1) is 12.7 Å². The number of halogens is 1. The summed E-state index contributed by atoms with van der Waals surface area (Å²) in [7, 11) is 1.61. The van der Waals surface area contributed by atoms with Crippen LogP contribution in [0, 0.1) is 0 Å². The van der Waals surface area contributed by atoms with Crippen LogP contribution in [-0.2, 0) is 0 Å². The van der Waals surface area contributed by atoms with Gasteiger partial charge in [-0.25, -0.2) is 0 Å². The summed E-state index contributed by atoms with van der Waals surface area (Å²) >= 11 is 3.47. The standard InChI is InChI=1S/C15H12BrN3O2/c1-20-11-5-6-13(16)12(8-11)15-18-14(19-21-15)9-3-2-4-10(17)7-9/h2-8H,17H2,1H3. The number of ether oxygens (including phenoxy) is 1. The first kappa shape index (κ1) is 13.6. The Morgan fingerprint density at radius 1 is 1.19 bits per heavy atom. The fourth-order valence-electron chi connectivity index (χ4n) is 1.92. The number of benzene rings is 2. The number of hydrogen-bond acceptors (Lipinski definition) is 5. The molecule has 1 aromatic heterocycles. The van der Waals surface area contributed by atoms with Crippen LogP contribution in [0.5, 0.6) is 5.75 Å². The van der Waals surface area contributed by atoms with E-state index in [2.05, 4.69) is 26.1 Å². The highest BCUT2D eigenvalue weighted by molar-refractivity contribution is 9.10. The van der Waals surface area contributed by atoms with E-state index in [1.807, 2.05) is 36.4 Å². The van der Waals surface area contributed by atoms with Gasteiger partial charge in [-0.3, -0.25) is 0 Å². The van der Waals surface area contributed by atoms with Crippen LogP contribution in [0.3, 0.4) is 0 Å². The maximum Gasteiger partial charge on any atom is 0.259 e. The molecule has 0 atom stereocenters. The SMILES string of the molecule is COc1ccc(Br)c(-c2nc(-c3cccc(N)c3)no2)c1. The molecular weight excluding hydrogens is 334 g/mol. The molecule has 0 amide bonds. The van der Waals surface area contributed by atoms with Crippen LogP contribution in [-0.4, -0.2) is 17.3 Å². The molecule has 3 aromatic rings. The van der Waals surface area contributed by atoms with Crippen molar-refractivity contribution in [2.24, 2.45) is 0 Å². The summed E-state index contributed by atoms with van der Waals surface area (Å²) in [5.41, 5.74) is 8.00. The molecule has 0 saturated carbocycles. The highest BCUT2D eigenvalue weighted by Crippen LogP contribution is 2.32. The van der Waals surface area contributed by atoms with Gasteiger partial charge in [0.15, 0.2) is 0 Å². The van der Waals surface area contributed by atoms with E-state index in [0.29, 0.717) is 17.4 Å². The van der Waals surface area contributed by atoms with Gasteiger partial charge in [-0.05, 0) is 46.3 Å². The fraction of sp³-hybridized carbons (Fsp3) is 0.0667. The average molecular weight is 346 g/mol. The number of nitrogen functional groups attached to an aromatic ring is 1. The van der Waals surface area contributed by atoms with Crippen LogP contribution >= 0.6 is 15.9 Å².